The molecular weight excluding hydrogens is 408 g/mol. The molecule has 4 rings (SSSR count). The summed E-state index contributed by atoms with van der Waals surface area (Å²) in [4.78, 5) is 7.58. The quantitative estimate of drug-likeness (QED) is 0.537. The van der Waals surface area contributed by atoms with Gasteiger partial charge in [-0.15, -0.1) is 0 Å². The van der Waals surface area contributed by atoms with Crippen molar-refractivity contribution in [3.63, 3.8) is 0 Å². The maximum Gasteiger partial charge on any atom is 0.239 e. The number of hydrogen-bond donors (Lipinski definition) is 1. The summed E-state index contributed by atoms with van der Waals surface area (Å²) >= 11 is 0. The Bertz CT molecular complexity index is 1150. The van der Waals surface area contributed by atoms with Crippen molar-refractivity contribution in [3.05, 3.63) is 53.9 Å². The number of hydrogen-bond acceptors (Lipinski definition) is 3. The molecule has 0 amide bonds. The molecule has 1 fully saturated rings. The Hall–Kier alpha value is -2.48. The molecule has 3 aromatic rings. The summed E-state index contributed by atoms with van der Waals surface area (Å²) in [6.45, 7) is 1.74. The highest BCUT2D eigenvalue weighted by molar-refractivity contribution is 7.93. The summed E-state index contributed by atoms with van der Waals surface area (Å²) < 4.78 is 55.1. The second kappa shape index (κ2) is 8.34. The van der Waals surface area contributed by atoms with Crippen LogP contribution in [0, 0.1) is 11.6 Å². The number of halogens is 2. The lowest BCUT2D eigenvalue weighted by Gasteiger charge is -2.25. The maximum absolute atomic E-state index is 14.6. The van der Waals surface area contributed by atoms with E-state index in [0.717, 1.165) is 40.2 Å². The molecule has 0 spiro atoms. The molecule has 1 saturated carbocycles. The van der Waals surface area contributed by atoms with Gasteiger partial charge in [-0.1, -0.05) is 26.2 Å². The fourth-order valence-electron chi connectivity index (χ4n) is 4.32. The van der Waals surface area contributed by atoms with Gasteiger partial charge in [0.1, 0.15) is 11.5 Å². The molecule has 1 aromatic carbocycles. The fraction of sp³-hybridized carbons (Fsp3) is 0.409. The van der Waals surface area contributed by atoms with E-state index in [2.05, 4.69) is 9.97 Å². The Morgan fingerprint density at radius 2 is 1.93 bits per heavy atom. The van der Waals surface area contributed by atoms with E-state index in [1.54, 1.807) is 13.0 Å². The van der Waals surface area contributed by atoms with E-state index in [0.29, 0.717) is 24.1 Å². The third-order valence-corrected chi connectivity index (χ3v) is 7.58. The third-order valence-electron chi connectivity index (χ3n) is 5.70. The molecule has 2 heterocycles. The largest absolute Gasteiger partial charge is 0.346 e. The predicted molar refractivity (Wildman–Crippen MR) is 114 cm³/mol. The highest BCUT2D eigenvalue weighted by atomic mass is 32.2. The number of fused-ring (bicyclic) bond motifs is 1. The summed E-state index contributed by atoms with van der Waals surface area (Å²) in [5.41, 5.74) is 1.83. The number of aromatic amines is 1. The van der Waals surface area contributed by atoms with Gasteiger partial charge in [0, 0.05) is 17.6 Å². The van der Waals surface area contributed by atoms with Crippen LogP contribution < -0.4 is 4.31 Å². The van der Waals surface area contributed by atoms with Crippen molar-refractivity contribution in [2.45, 2.75) is 51.4 Å². The molecule has 1 aliphatic rings. The zero-order valence-electron chi connectivity index (χ0n) is 16.9. The number of aromatic nitrogens is 2. The van der Waals surface area contributed by atoms with Crippen molar-refractivity contribution in [1.82, 2.24) is 9.97 Å². The first kappa shape index (κ1) is 20.8. The van der Waals surface area contributed by atoms with Crippen molar-refractivity contribution in [1.29, 1.82) is 0 Å². The first-order valence-electron chi connectivity index (χ1n) is 10.4. The molecule has 1 aliphatic carbocycles. The lowest BCUT2D eigenvalue weighted by atomic mass is 9.84. The average molecular weight is 434 g/mol. The zero-order valence-corrected chi connectivity index (χ0v) is 17.7. The molecule has 0 aliphatic heterocycles. The van der Waals surface area contributed by atoms with E-state index >= 15 is 0 Å². The van der Waals surface area contributed by atoms with E-state index in [9.17, 15) is 17.2 Å². The van der Waals surface area contributed by atoms with E-state index in [1.807, 2.05) is 6.20 Å². The second-order valence-corrected chi connectivity index (χ2v) is 9.78. The number of pyridine rings is 1. The third kappa shape index (κ3) is 3.93. The van der Waals surface area contributed by atoms with E-state index in [4.69, 9.17) is 0 Å². The van der Waals surface area contributed by atoms with Crippen LogP contribution in [0.5, 0.6) is 0 Å². The number of rotatable bonds is 6. The molecular formula is C22H25F2N3O2S. The fourth-order valence-corrected chi connectivity index (χ4v) is 5.89. The van der Waals surface area contributed by atoms with E-state index in [1.165, 1.54) is 25.5 Å². The SMILES string of the molecule is CCCS(=O)(=O)N(c1cnc2[nH]cc(C3CCCCC3)c2c1)c1ccc(F)cc1F. The van der Waals surface area contributed by atoms with Crippen molar-refractivity contribution < 1.29 is 17.2 Å². The number of anilines is 2. The number of H-pyrrole nitrogens is 1. The van der Waals surface area contributed by atoms with Gasteiger partial charge in [0.15, 0.2) is 5.82 Å². The van der Waals surface area contributed by atoms with Crippen LogP contribution in [0.2, 0.25) is 0 Å². The van der Waals surface area contributed by atoms with Crippen LogP contribution in [0.1, 0.15) is 56.9 Å². The molecule has 0 unspecified atom stereocenters. The summed E-state index contributed by atoms with van der Waals surface area (Å²) in [6.07, 6.45) is 9.47. The topological polar surface area (TPSA) is 66.1 Å². The van der Waals surface area contributed by atoms with Crippen LogP contribution in [0.3, 0.4) is 0 Å². The molecule has 0 saturated heterocycles. The van der Waals surface area contributed by atoms with Gasteiger partial charge in [-0.25, -0.2) is 26.5 Å². The predicted octanol–water partition coefficient (Wildman–Crippen LogP) is 5.77. The lowest BCUT2D eigenvalue weighted by molar-refractivity contribution is 0.445. The van der Waals surface area contributed by atoms with Crippen LogP contribution in [0.15, 0.2) is 36.7 Å². The molecule has 5 nitrogen and oxygen atoms in total. The lowest BCUT2D eigenvalue weighted by Crippen LogP contribution is -2.29. The smallest absolute Gasteiger partial charge is 0.239 e. The highest BCUT2D eigenvalue weighted by Gasteiger charge is 2.28. The van der Waals surface area contributed by atoms with Gasteiger partial charge in [-0.05, 0) is 48.9 Å². The molecule has 8 heteroatoms. The van der Waals surface area contributed by atoms with Crippen LogP contribution >= 0.6 is 0 Å². The van der Waals surface area contributed by atoms with Crippen molar-refractivity contribution in [2.75, 3.05) is 10.1 Å². The summed E-state index contributed by atoms with van der Waals surface area (Å²) in [7, 11) is -3.88. The molecule has 160 valence electrons. The minimum atomic E-state index is -3.88. The van der Waals surface area contributed by atoms with Gasteiger partial charge in [-0.2, -0.15) is 0 Å². The normalized spacial score (nSPS) is 15.6. The molecule has 30 heavy (non-hydrogen) atoms. The molecule has 0 bridgehead atoms. The first-order valence-corrected chi connectivity index (χ1v) is 12.0. The van der Waals surface area contributed by atoms with Gasteiger partial charge >= 0.3 is 0 Å². The van der Waals surface area contributed by atoms with E-state index < -0.39 is 21.7 Å². The van der Waals surface area contributed by atoms with Crippen LogP contribution in [-0.2, 0) is 10.0 Å². The first-order chi connectivity index (χ1) is 14.4. The Balaban J connectivity index is 1.86. The number of benzene rings is 1. The van der Waals surface area contributed by atoms with Gasteiger partial charge < -0.3 is 4.98 Å². The van der Waals surface area contributed by atoms with E-state index in [-0.39, 0.29) is 17.1 Å². The van der Waals surface area contributed by atoms with Gasteiger partial charge in [0.2, 0.25) is 10.0 Å². The number of nitrogens with zero attached hydrogens (tertiary/aromatic N) is 2. The standard InChI is InChI=1S/C22H25F2N3O2S/c1-2-10-30(28,29)27(21-9-8-16(23)11-20(21)24)17-12-18-19(14-26-22(18)25-13-17)15-6-4-3-5-7-15/h8-9,11-15H,2-7,10H2,1H3,(H,25,26). The van der Waals surface area contributed by atoms with Gasteiger partial charge in [-0.3, -0.25) is 0 Å². The van der Waals surface area contributed by atoms with Crippen molar-refractivity contribution >= 4 is 32.4 Å². The minimum Gasteiger partial charge on any atom is -0.346 e. The summed E-state index contributed by atoms with van der Waals surface area (Å²) in [5.74, 6) is -1.46. The zero-order chi connectivity index (χ0) is 21.3. The Morgan fingerprint density at radius 3 is 2.63 bits per heavy atom. The highest BCUT2D eigenvalue weighted by Crippen LogP contribution is 2.39. The van der Waals surface area contributed by atoms with Crippen LogP contribution in [-0.4, -0.2) is 24.1 Å². The van der Waals surface area contributed by atoms with Gasteiger partial charge in [0.25, 0.3) is 0 Å². The van der Waals surface area contributed by atoms with Crippen molar-refractivity contribution in [3.8, 4) is 0 Å². The Kier molecular flexibility index (Phi) is 5.77. The molecule has 0 radical (unpaired) electrons. The molecule has 1 N–H and O–H groups in total. The maximum atomic E-state index is 14.6. The average Bonchev–Trinajstić information content (AvgIpc) is 3.14. The van der Waals surface area contributed by atoms with Gasteiger partial charge in [0.05, 0.1) is 23.3 Å². The van der Waals surface area contributed by atoms with Crippen molar-refractivity contribution in [2.24, 2.45) is 0 Å². The Morgan fingerprint density at radius 1 is 1.17 bits per heavy atom. The van der Waals surface area contributed by atoms with Crippen LogP contribution in [0.4, 0.5) is 20.2 Å². The molecule has 0 atom stereocenters. The monoisotopic (exact) mass is 433 g/mol. The number of nitrogens with one attached hydrogen (secondary N) is 1. The Labute approximate surface area is 175 Å². The summed E-state index contributed by atoms with van der Waals surface area (Å²) in [5, 5.41) is 0.846. The second-order valence-electron chi connectivity index (χ2n) is 7.84. The number of sulfonamides is 1. The minimum absolute atomic E-state index is 0.162. The summed E-state index contributed by atoms with van der Waals surface area (Å²) in [6, 6.07) is 4.65. The molecule has 2 aromatic heterocycles. The van der Waals surface area contributed by atoms with Crippen LogP contribution in [0.25, 0.3) is 11.0 Å².